The molecule has 0 N–H and O–H groups in total. The Bertz CT molecular complexity index is 1580. The average molecular weight is 538 g/mol. The summed E-state index contributed by atoms with van der Waals surface area (Å²) in [5.41, 5.74) is 4.88. The molecule has 0 fully saturated rings. The number of thioether (sulfide) groups is 1. The van der Waals surface area contributed by atoms with Gasteiger partial charge in [0.05, 0.1) is 12.9 Å². The largest absolute Gasteiger partial charge is 0.497 e. The van der Waals surface area contributed by atoms with Crippen LogP contribution in [-0.2, 0) is 25.1 Å². The van der Waals surface area contributed by atoms with E-state index in [1.807, 2.05) is 64.1 Å². The lowest BCUT2D eigenvalue weighted by molar-refractivity contribution is 0.0728. The molecule has 39 heavy (non-hydrogen) atoms. The molecule has 3 heterocycles. The highest BCUT2D eigenvalue weighted by Gasteiger charge is 2.24. The van der Waals surface area contributed by atoms with Crippen molar-refractivity contribution in [1.82, 2.24) is 24.6 Å². The van der Waals surface area contributed by atoms with Crippen molar-refractivity contribution >= 4 is 17.7 Å². The van der Waals surface area contributed by atoms with E-state index in [4.69, 9.17) is 9.15 Å². The monoisotopic (exact) mass is 537 g/mol. The van der Waals surface area contributed by atoms with Crippen molar-refractivity contribution in [3.8, 4) is 11.4 Å². The summed E-state index contributed by atoms with van der Waals surface area (Å²) in [7, 11) is 1.65. The Kier molecular flexibility index (Phi) is 7.14. The molecule has 1 amide bonds. The Morgan fingerprint density at radius 1 is 0.974 bits per heavy atom. The molecule has 8 nitrogen and oxygen atoms in total. The van der Waals surface area contributed by atoms with Crippen molar-refractivity contribution in [2.75, 3.05) is 13.7 Å². The molecule has 1 aliphatic rings. The summed E-state index contributed by atoms with van der Waals surface area (Å²) in [6.07, 6.45) is 2.93. The minimum absolute atomic E-state index is 0.115. The smallest absolute Gasteiger partial charge is 0.276 e. The Morgan fingerprint density at radius 2 is 1.74 bits per heavy atom. The molecular weight excluding hydrogens is 510 g/mol. The van der Waals surface area contributed by atoms with Gasteiger partial charge in [-0.3, -0.25) is 9.36 Å². The summed E-state index contributed by atoms with van der Waals surface area (Å²) in [6.45, 7) is 1.25. The van der Waals surface area contributed by atoms with Gasteiger partial charge in [-0.2, -0.15) is 0 Å². The molecule has 0 radical (unpaired) electrons. The van der Waals surface area contributed by atoms with Gasteiger partial charge in [0.25, 0.3) is 5.91 Å². The third-order valence-corrected chi connectivity index (χ3v) is 7.66. The van der Waals surface area contributed by atoms with Crippen LogP contribution in [0.1, 0.15) is 38.9 Å². The van der Waals surface area contributed by atoms with Crippen LogP contribution in [0.2, 0.25) is 0 Å². The molecule has 2 aromatic heterocycles. The number of amides is 1. The number of ether oxygens (including phenoxy) is 1. The first-order valence-electron chi connectivity index (χ1n) is 12.7. The van der Waals surface area contributed by atoms with Crippen molar-refractivity contribution in [2.24, 2.45) is 0 Å². The van der Waals surface area contributed by atoms with Crippen LogP contribution < -0.4 is 4.74 Å². The van der Waals surface area contributed by atoms with Gasteiger partial charge in [0.2, 0.25) is 5.89 Å². The van der Waals surface area contributed by atoms with Crippen LogP contribution in [-0.4, -0.2) is 44.2 Å². The predicted molar refractivity (Wildman–Crippen MR) is 148 cm³/mol. The fourth-order valence-corrected chi connectivity index (χ4v) is 5.53. The first kappa shape index (κ1) is 24.9. The lowest BCUT2D eigenvalue weighted by atomic mass is 10.00. The van der Waals surface area contributed by atoms with Gasteiger partial charge in [-0.25, -0.2) is 4.98 Å². The second kappa shape index (κ2) is 11.2. The number of hydrogen-bond donors (Lipinski definition) is 0. The number of oxazole rings is 1. The molecule has 0 aliphatic carbocycles. The summed E-state index contributed by atoms with van der Waals surface area (Å²) in [5, 5.41) is 9.70. The standard InChI is InChI=1S/C30H27N5O3S/c1-37-25-13-11-24(12-14-25)35-27(17-21-7-3-2-4-8-21)32-33-30(35)39-20-28-31-26(19-38-28)29(36)34-16-15-22-9-5-6-10-23(22)18-34/h2-14,19H,15-18,20H2,1H3. The summed E-state index contributed by atoms with van der Waals surface area (Å²) in [6, 6.07) is 26.2. The number of benzene rings is 3. The number of methoxy groups -OCH3 is 1. The van der Waals surface area contributed by atoms with Gasteiger partial charge in [0, 0.05) is 25.2 Å². The third-order valence-electron chi connectivity index (χ3n) is 6.75. The van der Waals surface area contributed by atoms with E-state index in [1.54, 1.807) is 7.11 Å². The first-order valence-corrected chi connectivity index (χ1v) is 13.7. The zero-order valence-corrected chi connectivity index (χ0v) is 22.3. The Labute approximate surface area is 230 Å². The van der Waals surface area contributed by atoms with E-state index in [2.05, 4.69) is 39.4 Å². The van der Waals surface area contributed by atoms with E-state index < -0.39 is 0 Å². The Balaban J connectivity index is 1.19. The van der Waals surface area contributed by atoms with E-state index in [9.17, 15) is 4.79 Å². The predicted octanol–water partition coefficient (Wildman–Crippen LogP) is 5.35. The maximum atomic E-state index is 13.1. The zero-order valence-electron chi connectivity index (χ0n) is 21.5. The minimum atomic E-state index is -0.115. The SMILES string of the molecule is COc1ccc(-n2c(Cc3ccccc3)nnc2SCc2nc(C(=O)N3CCc4ccccc4C3)co2)cc1. The fourth-order valence-electron chi connectivity index (χ4n) is 4.71. The second-order valence-corrected chi connectivity index (χ2v) is 10.2. The quantitative estimate of drug-likeness (QED) is 0.247. The summed E-state index contributed by atoms with van der Waals surface area (Å²) < 4.78 is 13.1. The van der Waals surface area contributed by atoms with Gasteiger partial charge in [0.1, 0.15) is 17.8 Å². The fraction of sp³-hybridized carbons (Fsp3) is 0.200. The molecule has 9 heteroatoms. The molecule has 0 saturated carbocycles. The van der Waals surface area contributed by atoms with Crippen LogP contribution in [0.15, 0.2) is 94.7 Å². The van der Waals surface area contributed by atoms with Crippen molar-refractivity contribution < 1.29 is 13.9 Å². The van der Waals surface area contributed by atoms with E-state index in [0.29, 0.717) is 42.0 Å². The molecule has 0 atom stereocenters. The maximum absolute atomic E-state index is 13.1. The van der Waals surface area contributed by atoms with Crippen LogP contribution in [0.5, 0.6) is 5.75 Å². The lowest BCUT2D eigenvalue weighted by Crippen LogP contribution is -2.36. The van der Waals surface area contributed by atoms with Crippen molar-refractivity contribution in [3.05, 3.63) is 119 Å². The van der Waals surface area contributed by atoms with Crippen LogP contribution in [0.25, 0.3) is 5.69 Å². The number of nitrogens with zero attached hydrogens (tertiary/aromatic N) is 5. The van der Waals surface area contributed by atoms with E-state index in [0.717, 1.165) is 29.2 Å². The molecule has 0 unspecified atom stereocenters. The third kappa shape index (κ3) is 5.44. The Hall–Kier alpha value is -4.37. The highest BCUT2D eigenvalue weighted by Crippen LogP contribution is 2.28. The average Bonchev–Trinajstić information content (AvgIpc) is 3.63. The van der Waals surface area contributed by atoms with E-state index in [1.165, 1.54) is 29.2 Å². The lowest BCUT2D eigenvalue weighted by Gasteiger charge is -2.28. The number of fused-ring (bicyclic) bond motifs is 1. The highest BCUT2D eigenvalue weighted by molar-refractivity contribution is 7.98. The van der Waals surface area contributed by atoms with Gasteiger partial charge < -0.3 is 14.1 Å². The van der Waals surface area contributed by atoms with Crippen molar-refractivity contribution in [1.29, 1.82) is 0 Å². The molecular formula is C30H27N5O3S. The van der Waals surface area contributed by atoms with Crippen LogP contribution in [0.4, 0.5) is 0 Å². The molecule has 3 aromatic carbocycles. The number of aromatic nitrogens is 4. The second-order valence-electron chi connectivity index (χ2n) is 9.26. The van der Waals surface area contributed by atoms with Crippen LogP contribution in [0.3, 0.4) is 0 Å². The van der Waals surface area contributed by atoms with Gasteiger partial charge >= 0.3 is 0 Å². The summed E-state index contributed by atoms with van der Waals surface area (Å²) >= 11 is 1.46. The molecule has 6 rings (SSSR count). The molecule has 5 aromatic rings. The number of carbonyl (C=O) groups excluding carboxylic acids is 1. The summed E-state index contributed by atoms with van der Waals surface area (Å²) in [5.74, 6) is 2.36. The van der Waals surface area contributed by atoms with E-state index in [-0.39, 0.29) is 5.91 Å². The normalized spacial score (nSPS) is 12.8. The molecule has 196 valence electrons. The maximum Gasteiger partial charge on any atom is 0.276 e. The van der Waals surface area contributed by atoms with Gasteiger partial charge in [0.15, 0.2) is 10.9 Å². The minimum Gasteiger partial charge on any atom is -0.497 e. The first-order chi connectivity index (χ1) is 19.2. The zero-order chi connectivity index (χ0) is 26.6. The topological polar surface area (TPSA) is 86.3 Å². The van der Waals surface area contributed by atoms with Crippen molar-refractivity contribution in [2.45, 2.75) is 30.3 Å². The van der Waals surface area contributed by atoms with Gasteiger partial charge in [-0.05, 0) is 47.4 Å². The molecule has 0 saturated heterocycles. The molecule has 1 aliphatic heterocycles. The van der Waals surface area contributed by atoms with Gasteiger partial charge in [-0.1, -0.05) is 66.4 Å². The van der Waals surface area contributed by atoms with E-state index >= 15 is 0 Å². The Morgan fingerprint density at radius 3 is 2.54 bits per heavy atom. The molecule has 0 bridgehead atoms. The number of hydrogen-bond acceptors (Lipinski definition) is 7. The van der Waals surface area contributed by atoms with Crippen LogP contribution in [0, 0.1) is 0 Å². The molecule has 0 spiro atoms. The van der Waals surface area contributed by atoms with Gasteiger partial charge in [-0.15, -0.1) is 10.2 Å². The highest BCUT2D eigenvalue weighted by atomic mass is 32.2. The summed E-state index contributed by atoms with van der Waals surface area (Å²) in [4.78, 5) is 19.5. The van der Waals surface area contributed by atoms with Crippen molar-refractivity contribution in [3.63, 3.8) is 0 Å². The number of rotatable bonds is 8. The van der Waals surface area contributed by atoms with Crippen LogP contribution >= 0.6 is 11.8 Å². The number of carbonyl (C=O) groups is 1.